The summed E-state index contributed by atoms with van der Waals surface area (Å²) in [5.41, 5.74) is 5.94. The summed E-state index contributed by atoms with van der Waals surface area (Å²) in [7, 11) is 3.07. The number of rotatable bonds is 7. The molecule has 30 heavy (non-hydrogen) atoms. The molecule has 1 amide bonds. The zero-order valence-corrected chi connectivity index (χ0v) is 18.1. The van der Waals surface area contributed by atoms with Crippen molar-refractivity contribution in [2.45, 2.75) is 33.7 Å². The summed E-state index contributed by atoms with van der Waals surface area (Å²) in [6.07, 6.45) is 3.44. The average molecular weight is 409 g/mol. The van der Waals surface area contributed by atoms with E-state index in [0.29, 0.717) is 17.1 Å². The molecule has 2 heterocycles. The van der Waals surface area contributed by atoms with Gasteiger partial charge in [-0.1, -0.05) is 0 Å². The number of hydrogen-bond donors (Lipinski definition) is 1. The number of nitrogens with zero attached hydrogens (tertiary/aromatic N) is 4. The van der Waals surface area contributed by atoms with Gasteiger partial charge in [0.1, 0.15) is 17.3 Å². The molecule has 0 atom stereocenters. The van der Waals surface area contributed by atoms with Gasteiger partial charge in [0.25, 0.3) is 5.91 Å². The Bertz CT molecular complexity index is 1060. The standard InChI is InChI=1S/C22H27N5O3/c1-14(2)27-21(7-8-24-27)26-15(3)9-18(16(26)4)13-23-25-22(28)17-10-19(29-5)12-20(11-17)30-6/h7-14H,1-6H3,(H,25,28)/b23-13-. The monoisotopic (exact) mass is 409 g/mol. The molecule has 0 aliphatic carbocycles. The molecule has 1 aromatic carbocycles. The molecule has 0 radical (unpaired) electrons. The van der Waals surface area contributed by atoms with Gasteiger partial charge in [0, 0.05) is 40.7 Å². The zero-order valence-electron chi connectivity index (χ0n) is 18.1. The van der Waals surface area contributed by atoms with E-state index in [4.69, 9.17) is 9.47 Å². The van der Waals surface area contributed by atoms with Crippen LogP contribution in [-0.4, -0.2) is 40.7 Å². The van der Waals surface area contributed by atoms with E-state index in [1.165, 1.54) is 14.2 Å². The Kier molecular flexibility index (Phi) is 6.25. The third-order valence-corrected chi connectivity index (χ3v) is 4.82. The van der Waals surface area contributed by atoms with Gasteiger partial charge in [-0.2, -0.15) is 10.2 Å². The van der Waals surface area contributed by atoms with Crippen molar-refractivity contribution in [2.75, 3.05) is 14.2 Å². The third kappa shape index (κ3) is 4.22. The molecule has 0 fully saturated rings. The third-order valence-electron chi connectivity index (χ3n) is 4.82. The first-order valence-corrected chi connectivity index (χ1v) is 9.65. The molecule has 0 spiro atoms. The number of carbonyl (C=O) groups excluding carboxylic acids is 1. The maximum absolute atomic E-state index is 12.5. The first kappa shape index (κ1) is 21.2. The number of carbonyl (C=O) groups is 1. The lowest BCUT2D eigenvalue weighted by molar-refractivity contribution is 0.0954. The minimum atomic E-state index is -0.352. The van der Waals surface area contributed by atoms with Crippen LogP contribution in [0.15, 0.2) is 41.6 Å². The van der Waals surface area contributed by atoms with Crippen molar-refractivity contribution < 1.29 is 14.3 Å². The summed E-state index contributed by atoms with van der Waals surface area (Å²) in [6.45, 7) is 8.23. The number of methoxy groups -OCH3 is 2. The fourth-order valence-electron chi connectivity index (χ4n) is 3.32. The smallest absolute Gasteiger partial charge is 0.271 e. The van der Waals surface area contributed by atoms with Crippen LogP contribution in [0, 0.1) is 13.8 Å². The van der Waals surface area contributed by atoms with Gasteiger partial charge in [-0.3, -0.25) is 4.79 Å². The van der Waals surface area contributed by atoms with E-state index in [9.17, 15) is 4.79 Å². The number of hydrazone groups is 1. The van der Waals surface area contributed by atoms with Crippen LogP contribution in [0.25, 0.3) is 5.82 Å². The van der Waals surface area contributed by atoms with Crippen molar-refractivity contribution >= 4 is 12.1 Å². The fourth-order valence-corrected chi connectivity index (χ4v) is 3.32. The average Bonchev–Trinajstić information content (AvgIpc) is 3.31. The Balaban J connectivity index is 1.81. The summed E-state index contributed by atoms with van der Waals surface area (Å²) in [6, 6.07) is 9.22. The molecule has 1 N–H and O–H groups in total. The van der Waals surface area contributed by atoms with Crippen molar-refractivity contribution in [2.24, 2.45) is 5.10 Å². The van der Waals surface area contributed by atoms with E-state index in [-0.39, 0.29) is 11.9 Å². The minimum Gasteiger partial charge on any atom is -0.497 e. The predicted octanol–water partition coefficient (Wildman–Crippen LogP) is 3.65. The van der Waals surface area contributed by atoms with Crippen molar-refractivity contribution in [3.63, 3.8) is 0 Å². The molecule has 0 unspecified atom stereocenters. The second kappa shape index (κ2) is 8.86. The summed E-state index contributed by atoms with van der Waals surface area (Å²) in [5.74, 6) is 1.71. The van der Waals surface area contributed by atoms with Crippen LogP contribution < -0.4 is 14.9 Å². The Morgan fingerprint density at radius 3 is 2.40 bits per heavy atom. The molecule has 8 nitrogen and oxygen atoms in total. The van der Waals surface area contributed by atoms with E-state index < -0.39 is 0 Å². The second-order valence-electron chi connectivity index (χ2n) is 7.19. The molecular weight excluding hydrogens is 382 g/mol. The summed E-state index contributed by atoms with van der Waals surface area (Å²) in [4.78, 5) is 12.5. The van der Waals surface area contributed by atoms with Gasteiger partial charge in [0.15, 0.2) is 0 Å². The number of benzene rings is 1. The number of ether oxygens (including phenoxy) is 2. The molecule has 0 saturated heterocycles. The molecule has 2 aromatic heterocycles. The van der Waals surface area contributed by atoms with Crippen molar-refractivity contribution in [3.05, 3.63) is 59.0 Å². The molecule has 8 heteroatoms. The zero-order chi connectivity index (χ0) is 21.8. The fraction of sp³-hybridized carbons (Fsp3) is 0.318. The highest BCUT2D eigenvalue weighted by molar-refractivity contribution is 5.95. The Morgan fingerprint density at radius 1 is 1.13 bits per heavy atom. The van der Waals surface area contributed by atoms with Gasteiger partial charge >= 0.3 is 0 Å². The highest BCUT2D eigenvalue weighted by Crippen LogP contribution is 2.23. The number of nitrogens with one attached hydrogen (secondary N) is 1. The van der Waals surface area contributed by atoms with E-state index in [2.05, 4.69) is 34.0 Å². The van der Waals surface area contributed by atoms with Crippen LogP contribution >= 0.6 is 0 Å². The first-order chi connectivity index (χ1) is 14.3. The lowest BCUT2D eigenvalue weighted by atomic mass is 10.2. The summed E-state index contributed by atoms with van der Waals surface area (Å²) < 4.78 is 14.5. The normalized spacial score (nSPS) is 11.3. The van der Waals surface area contributed by atoms with Crippen LogP contribution in [0.2, 0.25) is 0 Å². The van der Waals surface area contributed by atoms with Crippen LogP contribution in [0.4, 0.5) is 0 Å². The van der Waals surface area contributed by atoms with Gasteiger partial charge < -0.3 is 14.0 Å². The number of aromatic nitrogens is 3. The van der Waals surface area contributed by atoms with Crippen molar-refractivity contribution in [3.8, 4) is 17.3 Å². The molecule has 158 valence electrons. The van der Waals surface area contributed by atoms with Gasteiger partial charge in [-0.25, -0.2) is 10.1 Å². The molecule has 0 saturated carbocycles. The van der Waals surface area contributed by atoms with Gasteiger partial charge in [-0.05, 0) is 45.9 Å². The molecular formula is C22H27N5O3. The van der Waals surface area contributed by atoms with Gasteiger partial charge in [0.05, 0.1) is 26.6 Å². The van der Waals surface area contributed by atoms with E-state index in [0.717, 1.165) is 22.8 Å². The Morgan fingerprint density at radius 2 is 1.80 bits per heavy atom. The molecule has 0 bridgehead atoms. The Labute approximate surface area is 176 Å². The quantitative estimate of drug-likeness (QED) is 0.477. The lowest BCUT2D eigenvalue weighted by Gasteiger charge is -2.15. The summed E-state index contributed by atoms with van der Waals surface area (Å²) >= 11 is 0. The van der Waals surface area contributed by atoms with Crippen molar-refractivity contribution in [1.82, 2.24) is 19.8 Å². The summed E-state index contributed by atoms with van der Waals surface area (Å²) in [5, 5.41) is 8.56. The highest BCUT2D eigenvalue weighted by atomic mass is 16.5. The van der Waals surface area contributed by atoms with Crippen molar-refractivity contribution in [1.29, 1.82) is 0 Å². The van der Waals surface area contributed by atoms with Crippen LogP contribution in [0.5, 0.6) is 11.5 Å². The minimum absolute atomic E-state index is 0.243. The molecule has 0 aliphatic rings. The molecule has 3 aromatic rings. The number of aryl methyl sites for hydroxylation is 1. The Hall–Kier alpha value is -3.55. The van der Waals surface area contributed by atoms with E-state index >= 15 is 0 Å². The number of hydrogen-bond acceptors (Lipinski definition) is 5. The topological polar surface area (TPSA) is 82.7 Å². The maximum atomic E-state index is 12.5. The van der Waals surface area contributed by atoms with Crippen LogP contribution in [0.3, 0.4) is 0 Å². The largest absolute Gasteiger partial charge is 0.497 e. The van der Waals surface area contributed by atoms with E-state index in [1.807, 2.05) is 30.7 Å². The lowest BCUT2D eigenvalue weighted by Crippen LogP contribution is -2.17. The van der Waals surface area contributed by atoms with E-state index in [1.54, 1.807) is 30.6 Å². The number of amides is 1. The molecule has 0 aliphatic heterocycles. The molecule has 3 rings (SSSR count). The predicted molar refractivity (Wildman–Crippen MR) is 116 cm³/mol. The van der Waals surface area contributed by atoms with Gasteiger partial charge in [-0.15, -0.1) is 0 Å². The second-order valence-corrected chi connectivity index (χ2v) is 7.19. The first-order valence-electron chi connectivity index (χ1n) is 9.65. The van der Waals surface area contributed by atoms with Crippen LogP contribution in [-0.2, 0) is 0 Å². The van der Waals surface area contributed by atoms with Gasteiger partial charge in [0.2, 0.25) is 0 Å². The maximum Gasteiger partial charge on any atom is 0.271 e. The van der Waals surface area contributed by atoms with Crippen LogP contribution in [0.1, 0.15) is 47.2 Å². The SMILES string of the molecule is COc1cc(OC)cc(C(=O)N/N=C\c2cc(C)n(-c3ccnn3C(C)C)c2C)c1. The highest BCUT2D eigenvalue weighted by Gasteiger charge is 2.15.